The quantitative estimate of drug-likeness (QED) is 0.310. The van der Waals surface area contributed by atoms with E-state index in [0.717, 1.165) is 6.26 Å². The summed E-state index contributed by atoms with van der Waals surface area (Å²) in [6.45, 7) is 0.521. The molecule has 2 aliphatic heterocycles. The number of hydrogen-bond donors (Lipinski definition) is 4. The van der Waals surface area contributed by atoms with E-state index in [2.05, 4.69) is 19.8 Å². The monoisotopic (exact) mass is 520 g/mol. The number of aliphatic hydroxyl groups is 2. The van der Waals surface area contributed by atoms with Crippen LogP contribution >= 0.6 is 0 Å². The number of likely N-dealkylation sites (tertiary alicyclic amines) is 1. The third-order valence-electron chi connectivity index (χ3n) is 6.50. The molecule has 1 amide bonds. The van der Waals surface area contributed by atoms with E-state index in [1.54, 1.807) is 30.2 Å². The van der Waals surface area contributed by atoms with Crippen LogP contribution in [0.5, 0.6) is 0 Å². The number of ether oxygens (including phenoxy) is 1. The molecule has 5 rings (SSSR count). The fraction of sp³-hybridized carbons (Fsp3) is 0.524. The Labute approximate surface area is 206 Å². The number of aromatic nitrogens is 5. The molecular formula is C21H28N8O6S. The Bertz CT molecular complexity index is 1400. The summed E-state index contributed by atoms with van der Waals surface area (Å²) in [6.07, 6.45) is 1.48. The van der Waals surface area contributed by atoms with Crippen LogP contribution in [0.15, 0.2) is 24.8 Å². The van der Waals surface area contributed by atoms with Gasteiger partial charge in [0.1, 0.15) is 30.0 Å². The van der Waals surface area contributed by atoms with Crippen LogP contribution in [-0.4, -0.2) is 97.5 Å². The molecule has 3 aromatic heterocycles. The van der Waals surface area contributed by atoms with Gasteiger partial charge in [0.25, 0.3) is 5.91 Å². The number of hydrogen-bond acceptors (Lipinski definition) is 10. The number of aliphatic hydroxyl groups excluding tert-OH is 2. The molecule has 0 saturated carbocycles. The van der Waals surface area contributed by atoms with Crippen molar-refractivity contribution in [3.63, 3.8) is 0 Å². The average Bonchev–Trinajstić information content (AvgIpc) is 3.49. The van der Waals surface area contributed by atoms with Gasteiger partial charge in [0.05, 0.1) is 17.3 Å². The first-order chi connectivity index (χ1) is 17.0. The normalized spacial score (nSPS) is 27.1. The molecular weight excluding hydrogens is 492 g/mol. The molecule has 2 aliphatic rings. The number of nitrogens with zero attached hydrogens (tertiary/aromatic N) is 6. The summed E-state index contributed by atoms with van der Waals surface area (Å²) >= 11 is 0. The van der Waals surface area contributed by atoms with Crippen molar-refractivity contribution in [1.29, 1.82) is 0 Å². The molecule has 0 aromatic carbocycles. The highest BCUT2D eigenvalue weighted by Crippen LogP contribution is 2.38. The molecule has 5 heterocycles. The second kappa shape index (κ2) is 9.08. The van der Waals surface area contributed by atoms with E-state index in [-0.39, 0.29) is 12.4 Å². The predicted octanol–water partition coefficient (Wildman–Crippen LogP) is -1.43. The number of anilines is 1. The van der Waals surface area contributed by atoms with E-state index in [1.807, 2.05) is 0 Å². The first-order valence-corrected chi connectivity index (χ1v) is 13.3. The van der Waals surface area contributed by atoms with Crippen molar-refractivity contribution in [2.24, 2.45) is 7.05 Å². The molecule has 36 heavy (non-hydrogen) atoms. The summed E-state index contributed by atoms with van der Waals surface area (Å²) in [6, 6.07) is 1.35. The van der Waals surface area contributed by atoms with Gasteiger partial charge in [-0.2, -0.15) is 5.10 Å². The summed E-state index contributed by atoms with van der Waals surface area (Å²) in [5.74, 6) is -0.322. The van der Waals surface area contributed by atoms with Gasteiger partial charge in [-0.3, -0.25) is 9.48 Å². The molecule has 5 N–H and O–H groups in total. The Balaban J connectivity index is 1.44. The third kappa shape index (κ3) is 4.43. The van der Waals surface area contributed by atoms with E-state index in [9.17, 15) is 23.4 Å². The van der Waals surface area contributed by atoms with Crippen molar-refractivity contribution in [2.45, 2.75) is 43.4 Å². The third-order valence-corrected chi connectivity index (χ3v) is 7.26. The molecule has 194 valence electrons. The van der Waals surface area contributed by atoms with Gasteiger partial charge in [-0.25, -0.2) is 23.1 Å². The van der Waals surface area contributed by atoms with Crippen molar-refractivity contribution in [3.8, 4) is 11.3 Å². The Morgan fingerprint density at radius 3 is 2.75 bits per heavy atom. The predicted molar refractivity (Wildman–Crippen MR) is 128 cm³/mol. The summed E-state index contributed by atoms with van der Waals surface area (Å²) in [5, 5.41) is 26.6. The number of nitrogen functional groups attached to an aromatic ring is 1. The molecule has 0 spiro atoms. The number of sulfonamides is 1. The van der Waals surface area contributed by atoms with Crippen LogP contribution in [0.1, 0.15) is 19.1 Å². The Morgan fingerprint density at radius 2 is 2.06 bits per heavy atom. The summed E-state index contributed by atoms with van der Waals surface area (Å²) in [5.41, 5.74) is 7.70. The maximum Gasteiger partial charge on any atom is 0.254 e. The van der Waals surface area contributed by atoms with Crippen LogP contribution in [0, 0.1) is 0 Å². The van der Waals surface area contributed by atoms with Gasteiger partial charge >= 0.3 is 0 Å². The first-order valence-electron chi connectivity index (χ1n) is 11.4. The number of piperidine rings is 1. The highest BCUT2D eigenvalue weighted by atomic mass is 32.2. The minimum atomic E-state index is -3.44. The minimum absolute atomic E-state index is 0.138. The van der Waals surface area contributed by atoms with Gasteiger partial charge in [-0.05, 0) is 18.9 Å². The van der Waals surface area contributed by atoms with Gasteiger partial charge in [-0.15, -0.1) is 0 Å². The van der Waals surface area contributed by atoms with E-state index < -0.39 is 46.5 Å². The van der Waals surface area contributed by atoms with E-state index in [0.29, 0.717) is 41.7 Å². The van der Waals surface area contributed by atoms with Crippen LogP contribution in [0.2, 0.25) is 0 Å². The molecule has 5 atom stereocenters. The maximum absolute atomic E-state index is 13.3. The highest BCUT2D eigenvalue weighted by Gasteiger charge is 2.49. The minimum Gasteiger partial charge on any atom is -0.387 e. The molecule has 3 aromatic rings. The lowest BCUT2D eigenvalue weighted by Gasteiger charge is -2.34. The molecule has 14 nitrogen and oxygen atoms in total. The topological polar surface area (TPSA) is 191 Å². The van der Waals surface area contributed by atoms with Crippen molar-refractivity contribution in [2.75, 3.05) is 25.1 Å². The molecule has 2 saturated heterocycles. The summed E-state index contributed by atoms with van der Waals surface area (Å²) in [7, 11) is -1.67. The van der Waals surface area contributed by atoms with Crippen molar-refractivity contribution < 1.29 is 28.2 Å². The lowest BCUT2D eigenvalue weighted by atomic mass is 10.0. The van der Waals surface area contributed by atoms with Crippen molar-refractivity contribution >= 4 is 32.8 Å². The van der Waals surface area contributed by atoms with E-state index in [4.69, 9.17) is 10.5 Å². The number of rotatable bonds is 5. The number of aryl methyl sites for hydroxylation is 1. The maximum atomic E-state index is 13.3. The van der Waals surface area contributed by atoms with Crippen LogP contribution in [0.4, 0.5) is 5.82 Å². The molecule has 2 fully saturated rings. The van der Waals surface area contributed by atoms with Gasteiger partial charge < -0.3 is 30.2 Å². The standard InChI is InChI=1S/C21H28N8O6S/c1-27-7-5-13(25-27)12-9-29(19-14(12)18(22)23-10-24-19)21-16(31)15(30)17(35-21)20(32)28-6-3-4-11(8-28)26-36(2,33)34/h5,7,9-11,15-17,21,26,30-31H,3-4,6,8H2,1-2H3,(H2,22,23,24)/t11-,15+,16-,17+,21-/m1/s1. The zero-order chi connectivity index (χ0) is 25.8. The van der Waals surface area contributed by atoms with E-state index >= 15 is 0 Å². The van der Waals surface area contributed by atoms with E-state index in [1.165, 1.54) is 15.8 Å². The van der Waals surface area contributed by atoms with Crippen LogP contribution in [0.25, 0.3) is 22.3 Å². The number of fused-ring (bicyclic) bond motifs is 1. The SMILES string of the molecule is Cn1ccc(-c2cn([C@@H]3O[C@H](C(=O)N4CCC[C@@H](NS(C)(=O)=O)C4)[C@@H](O)[C@H]3O)c3ncnc(N)c23)n1. The fourth-order valence-corrected chi connectivity index (χ4v) is 5.70. The lowest BCUT2D eigenvalue weighted by molar-refractivity contribution is -0.149. The molecule has 0 bridgehead atoms. The number of amides is 1. The highest BCUT2D eigenvalue weighted by molar-refractivity contribution is 7.88. The zero-order valence-electron chi connectivity index (χ0n) is 19.7. The average molecular weight is 521 g/mol. The summed E-state index contributed by atoms with van der Waals surface area (Å²) < 4.78 is 34.8. The van der Waals surface area contributed by atoms with Crippen LogP contribution in [-0.2, 0) is 26.6 Å². The Hall–Kier alpha value is -3.11. The first kappa shape index (κ1) is 24.6. The van der Waals surface area contributed by atoms with Gasteiger partial charge in [0, 0.05) is 44.1 Å². The van der Waals surface area contributed by atoms with Crippen molar-refractivity contribution in [3.05, 3.63) is 24.8 Å². The van der Waals surface area contributed by atoms with Gasteiger partial charge in [-0.1, -0.05) is 0 Å². The van der Waals surface area contributed by atoms with Crippen LogP contribution in [0.3, 0.4) is 0 Å². The molecule has 0 unspecified atom stereocenters. The number of carbonyl (C=O) groups is 1. The largest absolute Gasteiger partial charge is 0.387 e. The lowest BCUT2D eigenvalue weighted by Crippen LogP contribution is -2.53. The van der Waals surface area contributed by atoms with Crippen molar-refractivity contribution in [1.82, 2.24) is 33.9 Å². The fourth-order valence-electron chi connectivity index (χ4n) is 4.90. The molecule has 0 radical (unpaired) electrons. The summed E-state index contributed by atoms with van der Waals surface area (Å²) in [4.78, 5) is 23.1. The Morgan fingerprint density at radius 1 is 1.28 bits per heavy atom. The second-order valence-corrected chi connectivity index (χ2v) is 11.0. The number of nitrogens with two attached hydrogens (primary N) is 1. The molecule has 15 heteroatoms. The molecule has 0 aliphatic carbocycles. The zero-order valence-corrected chi connectivity index (χ0v) is 20.5. The number of carbonyl (C=O) groups excluding carboxylic acids is 1. The smallest absolute Gasteiger partial charge is 0.254 e. The Kier molecular flexibility index (Phi) is 6.20. The van der Waals surface area contributed by atoms with Gasteiger partial charge in [0.15, 0.2) is 12.3 Å². The second-order valence-electron chi connectivity index (χ2n) is 9.22. The van der Waals surface area contributed by atoms with Crippen LogP contribution < -0.4 is 10.5 Å². The van der Waals surface area contributed by atoms with Gasteiger partial charge in [0.2, 0.25) is 10.0 Å². The number of nitrogens with one attached hydrogen (secondary N) is 1.